The minimum atomic E-state index is -0.523. The Bertz CT molecular complexity index is 1360. The van der Waals surface area contributed by atoms with E-state index >= 15 is 0 Å². The zero-order valence-electron chi connectivity index (χ0n) is 17.1. The van der Waals surface area contributed by atoms with Gasteiger partial charge >= 0.3 is 5.69 Å². The second-order valence-corrected chi connectivity index (χ2v) is 7.28. The Kier molecular flexibility index (Phi) is 5.92. The average Bonchev–Trinajstić information content (AvgIpc) is 3.19. The van der Waals surface area contributed by atoms with Gasteiger partial charge in [-0.1, -0.05) is 41.9 Å². The van der Waals surface area contributed by atoms with Crippen LogP contribution in [0.1, 0.15) is 5.56 Å². The van der Waals surface area contributed by atoms with Gasteiger partial charge in [0.2, 0.25) is 0 Å². The number of imidazole rings is 1. The fourth-order valence-corrected chi connectivity index (χ4v) is 3.77. The Morgan fingerprint density at radius 1 is 1.03 bits per heavy atom. The van der Waals surface area contributed by atoms with Crippen molar-refractivity contribution in [3.05, 3.63) is 86.3 Å². The third kappa shape index (κ3) is 3.75. The lowest BCUT2D eigenvalue weighted by atomic mass is 10.2. The number of hydrogen-bond donors (Lipinski definition) is 0. The molecule has 0 radical (unpaired) electrons. The monoisotopic (exact) mass is 440 g/mol. The minimum Gasteiger partial charge on any atom is -0.496 e. The van der Waals surface area contributed by atoms with Crippen molar-refractivity contribution in [1.29, 1.82) is 0 Å². The molecule has 0 bridgehead atoms. The van der Waals surface area contributed by atoms with E-state index in [9.17, 15) is 9.59 Å². The van der Waals surface area contributed by atoms with Crippen molar-refractivity contribution < 1.29 is 9.47 Å². The van der Waals surface area contributed by atoms with Crippen LogP contribution in [-0.4, -0.2) is 39.5 Å². The molecule has 2 heterocycles. The number of hydrogen-bond acceptors (Lipinski definition) is 5. The molecule has 4 rings (SSSR count). The van der Waals surface area contributed by atoms with Crippen LogP contribution in [0.2, 0.25) is 5.02 Å². The number of benzene rings is 2. The number of fused-ring (bicyclic) bond motifs is 1. The molecule has 9 heteroatoms. The first kappa shape index (κ1) is 20.9. The maximum absolute atomic E-state index is 13.3. The number of aromatic nitrogens is 4. The van der Waals surface area contributed by atoms with Gasteiger partial charge in [-0.05, 0) is 18.2 Å². The maximum atomic E-state index is 13.3. The van der Waals surface area contributed by atoms with Crippen molar-refractivity contribution in [3.63, 3.8) is 0 Å². The summed E-state index contributed by atoms with van der Waals surface area (Å²) in [6.45, 7) is 0.666. The van der Waals surface area contributed by atoms with E-state index in [0.717, 1.165) is 10.1 Å². The number of ether oxygens (including phenoxy) is 2. The van der Waals surface area contributed by atoms with Gasteiger partial charge in [0.1, 0.15) is 5.75 Å². The van der Waals surface area contributed by atoms with E-state index in [0.29, 0.717) is 28.5 Å². The molecule has 31 heavy (non-hydrogen) atoms. The number of methoxy groups -OCH3 is 2. The van der Waals surface area contributed by atoms with Crippen LogP contribution in [0.15, 0.2) is 64.4 Å². The van der Waals surface area contributed by atoms with Gasteiger partial charge in [-0.3, -0.25) is 9.36 Å². The lowest BCUT2D eigenvalue weighted by Crippen LogP contribution is -2.41. The molecule has 160 valence electrons. The second kappa shape index (κ2) is 8.79. The standard InChI is InChI=1S/C22H21ClN4O4/c1-30-12-11-26-21(28)19-20(27(22(26)29)17-9-5-4-8-16(17)23)24-14-25(19)13-15-7-3-6-10-18(15)31-2/h3-10,14H,11-13H2,1-2H3. The predicted molar refractivity (Wildman–Crippen MR) is 119 cm³/mol. The summed E-state index contributed by atoms with van der Waals surface area (Å²) in [6.07, 6.45) is 1.55. The maximum Gasteiger partial charge on any atom is 0.337 e. The summed E-state index contributed by atoms with van der Waals surface area (Å²) in [5, 5.41) is 0.377. The highest BCUT2D eigenvalue weighted by Crippen LogP contribution is 2.23. The topological polar surface area (TPSA) is 80.3 Å². The van der Waals surface area contributed by atoms with Crippen LogP contribution in [0.25, 0.3) is 16.9 Å². The van der Waals surface area contributed by atoms with Crippen LogP contribution in [0, 0.1) is 0 Å². The summed E-state index contributed by atoms with van der Waals surface area (Å²) < 4.78 is 14.8. The van der Waals surface area contributed by atoms with Crippen molar-refractivity contribution in [3.8, 4) is 11.4 Å². The van der Waals surface area contributed by atoms with Crippen molar-refractivity contribution in [2.75, 3.05) is 20.8 Å². The molecular formula is C22H21ClN4O4. The summed E-state index contributed by atoms with van der Waals surface area (Å²) in [7, 11) is 3.11. The number of para-hydroxylation sites is 2. The third-order valence-corrected chi connectivity index (χ3v) is 5.37. The molecule has 0 aliphatic heterocycles. The van der Waals surface area contributed by atoms with E-state index in [-0.39, 0.29) is 18.8 Å². The second-order valence-electron chi connectivity index (χ2n) is 6.88. The fraction of sp³-hybridized carbons (Fsp3) is 0.227. The van der Waals surface area contributed by atoms with Crippen LogP contribution in [0.3, 0.4) is 0 Å². The summed E-state index contributed by atoms with van der Waals surface area (Å²) in [5.41, 5.74) is 0.904. The number of rotatable bonds is 7. The lowest BCUT2D eigenvalue weighted by molar-refractivity contribution is 0.184. The van der Waals surface area contributed by atoms with E-state index in [2.05, 4.69) is 4.98 Å². The summed E-state index contributed by atoms with van der Waals surface area (Å²) >= 11 is 6.38. The highest BCUT2D eigenvalue weighted by atomic mass is 35.5. The molecule has 2 aromatic carbocycles. The van der Waals surface area contributed by atoms with Crippen molar-refractivity contribution in [2.45, 2.75) is 13.1 Å². The molecular weight excluding hydrogens is 420 g/mol. The van der Waals surface area contributed by atoms with Gasteiger partial charge in [0, 0.05) is 12.7 Å². The van der Waals surface area contributed by atoms with Gasteiger partial charge in [0.25, 0.3) is 5.56 Å². The van der Waals surface area contributed by atoms with Gasteiger partial charge in [0.05, 0.1) is 43.8 Å². The van der Waals surface area contributed by atoms with Gasteiger partial charge in [-0.25, -0.2) is 14.3 Å². The van der Waals surface area contributed by atoms with Gasteiger partial charge in [-0.2, -0.15) is 0 Å². The summed E-state index contributed by atoms with van der Waals surface area (Å²) in [5.74, 6) is 0.698. The highest BCUT2D eigenvalue weighted by molar-refractivity contribution is 6.32. The minimum absolute atomic E-state index is 0.106. The lowest BCUT2D eigenvalue weighted by Gasteiger charge is -2.14. The molecule has 8 nitrogen and oxygen atoms in total. The van der Waals surface area contributed by atoms with Gasteiger partial charge in [0.15, 0.2) is 11.2 Å². The van der Waals surface area contributed by atoms with E-state index in [1.807, 2.05) is 24.3 Å². The predicted octanol–water partition coefficient (Wildman–Crippen LogP) is 2.71. The molecule has 2 aromatic heterocycles. The zero-order chi connectivity index (χ0) is 22.0. The highest BCUT2D eigenvalue weighted by Gasteiger charge is 2.20. The van der Waals surface area contributed by atoms with Crippen LogP contribution < -0.4 is 16.0 Å². The van der Waals surface area contributed by atoms with Crippen molar-refractivity contribution in [1.82, 2.24) is 18.7 Å². The smallest absolute Gasteiger partial charge is 0.337 e. The molecule has 0 aliphatic carbocycles. The Labute approximate surface area is 182 Å². The summed E-state index contributed by atoms with van der Waals surface area (Å²) in [6, 6.07) is 14.5. The first-order chi connectivity index (χ1) is 15.1. The van der Waals surface area contributed by atoms with E-state index in [1.165, 1.54) is 11.7 Å². The van der Waals surface area contributed by atoms with Crippen LogP contribution in [-0.2, 0) is 17.8 Å². The summed E-state index contributed by atoms with van der Waals surface area (Å²) in [4.78, 5) is 31.0. The van der Waals surface area contributed by atoms with Crippen molar-refractivity contribution in [2.24, 2.45) is 0 Å². The molecule has 0 saturated carbocycles. The first-order valence-electron chi connectivity index (χ1n) is 9.63. The Hall–Kier alpha value is -3.36. The van der Waals surface area contributed by atoms with Gasteiger partial charge < -0.3 is 14.0 Å². The molecule has 4 aromatic rings. The number of nitrogens with zero attached hydrogens (tertiary/aromatic N) is 4. The molecule has 0 saturated heterocycles. The zero-order valence-corrected chi connectivity index (χ0v) is 17.9. The fourth-order valence-electron chi connectivity index (χ4n) is 3.55. The van der Waals surface area contributed by atoms with Crippen molar-refractivity contribution >= 4 is 22.8 Å². The third-order valence-electron chi connectivity index (χ3n) is 5.05. The molecule has 0 atom stereocenters. The average molecular weight is 441 g/mol. The molecule has 0 fully saturated rings. The normalized spacial score (nSPS) is 11.2. The Morgan fingerprint density at radius 3 is 2.52 bits per heavy atom. The Balaban J connectivity index is 2.00. The SMILES string of the molecule is COCCn1c(=O)c2c(ncn2Cc2ccccc2OC)n(-c2ccccc2Cl)c1=O. The first-order valence-corrected chi connectivity index (χ1v) is 10.0. The Morgan fingerprint density at radius 2 is 1.77 bits per heavy atom. The van der Waals surface area contributed by atoms with E-state index in [4.69, 9.17) is 21.1 Å². The van der Waals surface area contributed by atoms with Crippen LogP contribution in [0.5, 0.6) is 5.75 Å². The van der Waals surface area contributed by atoms with Gasteiger partial charge in [-0.15, -0.1) is 0 Å². The molecule has 0 aliphatic rings. The van der Waals surface area contributed by atoms with E-state index < -0.39 is 11.2 Å². The quantitative estimate of drug-likeness (QED) is 0.441. The largest absolute Gasteiger partial charge is 0.496 e. The molecule has 0 amide bonds. The molecule has 0 unspecified atom stereocenters. The number of halogens is 1. The van der Waals surface area contributed by atoms with E-state index in [1.54, 1.807) is 42.3 Å². The van der Waals surface area contributed by atoms with Crippen LogP contribution >= 0.6 is 11.6 Å². The molecule has 0 N–H and O–H groups in total. The van der Waals surface area contributed by atoms with Crippen LogP contribution in [0.4, 0.5) is 0 Å². The molecule has 0 spiro atoms.